The highest BCUT2D eigenvalue weighted by molar-refractivity contribution is 7.21. The zero-order chi connectivity index (χ0) is 22.2. The molecule has 0 saturated heterocycles. The predicted octanol–water partition coefficient (Wildman–Crippen LogP) is 3.08. The van der Waals surface area contributed by atoms with Crippen LogP contribution in [0.3, 0.4) is 0 Å². The summed E-state index contributed by atoms with van der Waals surface area (Å²) in [6.45, 7) is 3.14. The third-order valence-corrected chi connectivity index (χ3v) is 5.51. The lowest BCUT2D eigenvalue weighted by molar-refractivity contribution is -0.385. The van der Waals surface area contributed by atoms with E-state index in [1.165, 1.54) is 17.7 Å². The van der Waals surface area contributed by atoms with Gasteiger partial charge in [-0.1, -0.05) is 0 Å². The van der Waals surface area contributed by atoms with E-state index in [-0.39, 0.29) is 34.0 Å². The highest BCUT2D eigenvalue weighted by Gasteiger charge is 2.23. The van der Waals surface area contributed by atoms with Gasteiger partial charge in [0.15, 0.2) is 0 Å². The molecule has 158 valence electrons. The SMILES string of the molecule is Cc1cc(C(F)F)nc2sc(C(N)=O)c(NC(=O)CCn3ncc([N+](=O)[O-])c3C)c12. The monoisotopic (exact) mass is 438 g/mol. The van der Waals surface area contributed by atoms with E-state index in [0.717, 1.165) is 17.5 Å². The summed E-state index contributed by atoms with van der Waals surface area (Å²) in [6, 6.07) is 1.19. The molecule has 0 bridgehead atoms. The number of carbonyl (C=O) groups is 2. The van der Waals surface area contributed by atoms with E-state index in [1.807, 2.05) is 0 Å². The molecule has 3 aromatic rings. The Morgan fingerprint density at radius 1 is 1.40 bits per heavy atom. The number of rotatable bonds is 7. The Hall–Kier alpha value is -3.48. The van der Waals surface area contributed by atoms with Crippen molar-refractivity contribution < 1.29 is 23.3 Å². The summed E-state index contributed by atoms with van der Waals surface area (Å²) in [4.78, 5) is 38.6. The Morgan fingerprint density at radius 2 is 2.10 bits per heavy atom. The molecule has 0 aliphatic rings. The normalized spacial score (nSPS) is 11.2. The standard InChI is InChI=1S/C17H16F2N6O4S/c1-7-5-9(15(18)19)22-17-12(7)13(14(30-17)16(20)27)23-11(26)3-4-24-8(2)10(6-21-24)25(28)29/h5-6,15H,3-4H2,1-2H3,(H2,20,27)(H,23,26). The zero-order valence-corrected chi connectivity index (χ0v) is 16.6. The number of amides is 2. The Kier molecular flexibility index (Phi) is 5.73. The van der Waals surface area contributed by atoms with E-state index in [1.54, 1.807) is 6.92 Å². The quantitative estimate of drug-likeness (QED) is 0.428. The van der Waals surface area contributed by atoms with Gasteiger partial charge in [-0.25, -0.2) is 13.8 Å². The van der Waals surface area contributed by atoms with Gasteiger partial charge >= 0.3 is 5.69 Å². The second-order valence-corrected chi connectivity index (χ2v) is 7.41. The highest BCUT2D eigenvalue weighted by Crippen LogP contribution is 2.38. The van der Waals surface area contributed by atoms with Crippen molar-refractivity contribution >= 4 is 44.7 Å². The fraction of sp³-hybridized carbons (Fsp3) is 0.294. The predicted molar refractivity (Wildman–Crippen MR) is 105 cm³/mol. The topological polar surface area (TPSA) is 146 Å². The fourth-order valence-corrected chi connectivity index (χ4v) is 4.03. The molecule has 2 amide bonds. The fourth-order valence-electron chi connectivity index (χ4n) is 2.96. The summed E-state index contributed by atoms with van der Waals surface area (Å²) in [5.41, 5.74) is 5.60. The summed E-state index contributed by atoms with van der Waals surface area (Å²) in [5, 5.41) is 17.7. The van der Waals surface area contributed by atoms with Crippen molar-refractivity contribution in [1.82, 2.24) is 14.8 Å². The van der Waals surface area contributed by atoms with Crippen molar-refractivity contribution in [2.75, 3.05) is 5.32 Å². The zero-order valence-electron chi connectivity index (χ0n) is 15.8. The number of carbonyl (C=O) groups excluding carboxylic acids is 2. The maximum Gasteiger partial charge on any atom is 0.309 e. The van der Waals surface area contributed by atoms with Crippen molar-refractivity contribution in [2.45, 2.75) is 33.2 Å². The number of nitrogens with two attached hydrogens (primary N) is 1. The molecule has 0 aromatic carbocycles. The van der Waals surface area contributed by atoms with Gasteiger partial charge < -0.3 is 11.1 Å². The second-order valence-electron chi connectivity index (χ2n) is 6.41. The van der Waals surface area contributed by atoms with E-state index in [9.17, 15) is 28.5 Å². The van der Waals surface area contributed by atoms with E-state index >= 15 is 0 Å². The molecule has 0 aliphatic heterocycles. The van der Waals surface area contributed by atoms with Gasteiger partial charge in [-0.15, -0.1) is 11.3 Å². The van der Waals surface area contributed by atoms with Gasteiger partial charge in [0, 0.05) is 11.8 Å². The number of pyridine rings is 1. The maximum atomic E-state index is 13.0. The minimum atomic E-state index is -2.79. The van der Waals surface area contributed by atoms with Gasteiger partial charge in [0.25, 0.3) is 12.3 Å². The number of hydrogen-bond acceptors (Lipinski definition) is 7. The Bertz CT molecular complexity index is 1170. The second kappa shape index (κ2) is 8.10. The summed E-state index contributed by atoms with van der Waals surface area (Å²) in [5.74, 6) is -1.34. The summed E-state index contributed by atoms with van der Waals surface area (Å²) in [7, 11) is 0. The molecular formula is C17H16F2N6O4S. The van der Waals surface area contributed by atoms with Crippen LogP contribution in [0.15, 0.2) is 12.3 Å². The van der Waals surface area contributed by atoms with Crippen LogP contribution in [0, 0.1) is 24.0 Å². The van der Waals surface area contributed by atoms with Gasteiger partial charge in [0.1, 0.15) is 27.3 Å². The van der Waals surface area contributed by atoms with Crippen molar-refractivity contribution in [2.24, 2.45) is 5.73 Å². The minimum Gasteiger partial charge on any atom is -0.365 e. The number of hydrogen-bond donors (Lipinski definition) is 2. The van der Waals surface area contributed by atoms with Crippen LogP contribution in [0.25, 0.3) is 10.2 Å². The van der Waals surface area contributed by atoms with Gasteiger partial charge in [-0.3, -0.25) is 24.4 Å². The molecule has 3 heterocycles. The molecule has 30 heavy (non-hydrogen) atoms. The van der Waals surface area contributed by atoms with Gasteiger partial charge in [0.05, 0.1) is 17.2 Å². The van der Waals surface area contributed by atoms with Crippen molar-refractivity contribution in [3.8, 4) is 0 Å². The summed E-state index contributed by atoms with van der Waals surface area (Å²) in [6.07, 6.45) is -1.79. The third kappa shape index (κ3) is 3.96. The van der Waals surface area contributed by atoms with Crippen LogP contribution in [0.5, 0.6) is 0 Å². The average molecular weight is 438 g/mol. The molecule has 0 aliphatic carbocycles. The van der Waals surface area contributed by atoms with Crippen LogP contribution >= 0.6 is 11.3 Å². The van der Waals surface area contributed by atoms with Crippen LogP contribution in [0.4, 0.5) is 20.2 Å². The number of nitrogens with one attached hydrogen (secondary N) is 1. The smallest absolute Gasteiger partial charge is 0.309 e. The Morgan fingerprint density at radius 3 is 2.67 bits per heavy atom. The van der Waals surface area contributed by atoms with E-state index in [2.05, 4.69) is 15.4 Å². The number of alkyl halides is 2. The first-order valence-electron chi connectivity index (χ1n) is 8.58. The summed E-state index contributed by atoms with van der Waals surface area (Å²) < 4.78 is 27.4. The molecular weight excluding hydrogens is 422 g/mol. The molecule has 0 unspecified atom stereocenters. The largest absolute Gasteiger partial charge is 0.365 e. The first-order chi connectivity index (χ1) is 14.1. The first kappa shape index (κ1) is 21.2. The van der Waals surface area contributed by atoms with E-state index in [4.69, 9.17) is 5.73 Å². The molecule has 3 rings (SSSR count). The number of nitro groups is 1. The number of fused-ring (bicyclic) bond motifs is 1. The Balaban J connectivity index is 1.87. The van der Waals surface area contributed by atoms with E-state index in [0.29, 0.717) is 16.6 Å². The van der Waals surface area contributed by atoms with Crippen LogP contribution in [-0.4, -0.2) is 31.5 Å². The molecule has 13 heteroatoms. The molecule has 0 fully saturated rings. The van der Waals surface area contributed by atoms with Gasteiger partial charge in [-0.05, 0) is 25.5 Å². The van der Waals surface area contributed by atoms with Crippen LogP contribution < -0.4 is 11.1 Å². The molecule has 0 saturated carbocycles. The number of thiophene rings is 1. The number of primary amides is 1. The van der Waals surface area contributed by atoms with Crippen molar-refractivity contribution in [1.29, 1.82) is 0 Å². The molecule has 0 spiro atoms. The number of aryl methyl sites for hydroxylation is 2. The Labute approximate surface area is 171 Å². The number of nitrogens with zero attached hydrogens (tertiary/aromatic N) is 4. The average Bonchev–Trinajstić information content (AvgIpc) is 3.21. The third-order valence-electron chi connectivity index (χ3n) is 4.42. The lowest BCUT2D eigenvalue weighted by atomic mass is 10.1. The van der Waals surface area contributed by atoms with Crippen molar-refractivity contribution in [3.63, 3.8) is 0 Å². The van der Waals surface area contributed by atoms with Crippen LogP contribution in [-0.2, 0) is 11.3 Å². The number of aromatic nitrogens is 3. The number of halogens is 2. The number of anilines is 1. The lowest BCUT2D eigenvalue weighted by Crippen LogP contribution is -2.18. The highest BCUT2D eigenvalue weighted by atomic mass is 32.1. The minimum absolute atomic E-state index is 0.00808. The van der Waals surface area contributed by atoms with Crippen molar-refractivity contribution in [3.05, 3.63) is 44.2 Å². The molecule has 10 nitrogen and oxygen atoms in total. The van der Waals surface area contributed by atoms with Gasteiger partial charge in [0.2, 0.25) is 5.91 Å². The molecule has 0 atom stereocenters. The molecule has 0 radical (unpaired) electrons. The lowest BCUT2D eigenvalue weighted by Gasteiger charge is -2.09. The van der Waals surface area contributed by atoms with Crippen LogP contribution in [0.2, 0.25) is 0 Å². The maximum absolute atomic E-state index is 13.0. The van der Waals surface area contributed by atoms with Crippen LogP contribution in [0.1, 0.15) is 39.5 Å². The van der Waals surface area contributed by atoms with Gasteiger partial charge in [-0.2, -0.15) is 5.10 Å². The van der Waals surface area contributed by atoms with E-state index < -0.39 is 28.9 Å². The molecule has 3 N–H and O–H groups in total. The molecule has 3 aromatic heterocycles. The first-order valence-corrected chi connectivity index (χ1v) is 9.40. The summed E-state index contributed by atoms with van der Waals surface area (Å²) >= 11 is 0.817.